The molecule has 0 fully saturated rings. The third-order valence-electron chi connectivity index (χ3n) is 3.51. The van der Waals surface area contributed by atoms with Gasteiger partial charge in [0.2, 0.25) is 0 Å². The zero-order valence-corrected chi connectivity index (χ0v) is 17.0. The van der Waals surface area contributed by atoms with E-state index < -0.39 is 0 Å². The summed E-state index contributed by atoms with van der Waals surface area (Å²) in [6.07, 6.45) is 1.94. The first kappa shape index (κ1) is 20.0. The first-order valence-electron chi connectivity index (χ1n) is 8.35. The Morgan fingerprint density at radius 3 is 2.69 bits per heavy atom. The summed E-state index contributed by atoms with van der Waals surface area (Å²) in [5.74, 6) is 2.39. The summed E-state index contributed by atoms with van der Waals surface area (Å²) in [6.45, 7) is 4.47. The Morgan fingerprint density at radius 1 is 1.08 bits per heavy atom. The van der Waals surface area contributed by atoms with Crippen LogP contribution in [-0.2, 0) is 6.54 Å². The van der Waals surface area contributed by atoms with Crippen LogP contribution in [-0.4, -0.2) is 40.3 Å². The highest BCUT2D eigenvalue weighted by Gasteiger charge is 2.04. The Kier molecular flexibility index (Phi) is 8.13. The standard InChI is InChI=1S/C18H22N6O.HI/c1-2-19-18(20-11-13-25-15-8-4-3-5-9-15)21-14-17-23-22-16-10-6-7-12-24(16)17;/h3-10,12H,2,11,13-14H2,1H3,(H2,19,20,21);1H. The van der Waals surface area contributed by atoms with Gasteiger partial charge < -0.3 is 15.4 Å². The molecule has 0 aliphatic carbocycles. The smallest absolute Gasteiger partial charge is 0.191 e. The molecule has 2 N–H and O–H groups in total. The maximum absolute atomic E-state index is 5.67. The van der Waals surface area contributed by atoms with Crippen LogP contribution in [0.15, 0.2) is 59.7 Å². The lowest BCUT2D eigenvalue weighted by Gasteiger charge is -2.11. The predicted molar refractivity (Wildman–Crippen MR) is 113 cm³/mol. The molecule has 0 amide bonds. The van der Waals surface area contributed by atoms with Crippen LogP contribution >= 0.6 is 24.0 Å². The summed E-state index contributed by atoms with van der Waals surface area (Å²) >= 11 is 0. The number of fused-ring (bicyclic) bond motifs is 1. The fourth-order valence-corrected chi connectivity index (χ4v) is 2.35. The molecule has 0 spiro atoms. The molecule has 0 aliphatic rings. The van der Waals surface area contributed by atoms with Crippen molar-refractivity contribution in [3.05, 3.63) is 60.6 Å². The van der Waals surface area contributed by atoms with Crippen molar-refractivity contribution in [3.63, 3.8) is 0 Å². The Morgan fingerprint density at radius 2 is 1.88 bits per heavy atom. The van der Waals surface area contributed by atoms with E-state index in [4.69, 9.17) is 4.74 Å². The van der Waals surface area contributed by atoms with E-state index >= 15 is 0 Å². The molecule has 3 aromatic rings. The fourth-order valence-electron chi connectivity index (χ4n) is 2.35. The molecule has 0 radical (unpaired) electrons. The second-order valence-corrected chi connectivity index (χ2v) is 5.33. The van der Waals surface area contributed by atoms with Crippen LogP contribution in [0, 0.1) is 0 Å². The minimum atomic E-state index is 0. The molecule has 0 bridgehead atoms. The Hall–Kier alpha value is -2.36. The summed E-state index contributed by atoms with van der Waals surface area (Å²) in [5.41, 5.74) is 0.821. The number of halogens is 1. The van der Waals surface area contributed by atoms with Gasteiger partial charge in [-0.3, -0.25) is 4.40 Å². The van der Waals surface area contributed by atoms with Crippen molar-refractivity contribution in [2.45, 2.75) is 13.5 Å². The molecule has 138 valence electrons. The van der Waals surface area contributed by atoms with E-state index in [2.05, 4.69) is 25.8 Å². The van der Waals surface area contributed by atoms with Crippen molar-refractivity contribution in [3.8, 4) is 5.75 Å². The Balaban J connectivity index is 0.00000243. The first-order valence-corrected chi connectivity index (χ1v) is 8.35. The lowest BCUT2D eigenvalue weighted by molar-refractivity contribution is 0.322. The molecule has 8 heteroatoms. The van der Waals surface area contributed by atoms with Gasteiger partial charge in [-0.2, -0.15) is 0 Å². The molecule has 0 atom stereocenters. The molecular formula is C18H23IN6O. The van der Waals surface area contributed by atoms with E-state index in [9.17, 15) is 0 Å². The van der Waals surface area contributed by atoms with Gasteiger partial charge in [0.25, 0.3) is 0 Å². The number of nitrogens with zero attached hydrogens (tertiary/aromatic N) is 4. The number of nitrogens with one attached hydrogen (secondary N) is 2. The van der Waals surface area contributed by atoms with Crippen LogP contribution in [0.5, 0.6) is 5.75 Å². The second kappa shape index (κ2) is 10.6. The summed E-state index contributed by atoms with van der Waals surface area (Å²) < 4.78 is 7.61. The lowest BCUT2D eigenvalue weighted by Crippen LogP contribution is -2.39. The molecule has 2 heterocycles. The largest absolute Gasteiger partial charge is 0.492 e. The summed E-state index contributed by atoms with van der Waals surface area (Å²) in [4.78, 5) is 4.57. The number of hydrogen-bond donors (Lipinski definition) is 2. The lowest BCUT2D eigenvalue weighted by atomic mass is 10.3. The number of ether oxygens (including phenoxy) is 1. The van der Waals surface area contributed by atoms with Gasteiger partial charge in [-0.25, -0.2) is 4.99 Å². The summed E-state index contributed by atoms with van der Waals surface area (Å²) in [5, 5.41) is 14.8. The average molecular weight is 466 g/mol. The van der Waals surface area contributed by atoms with Gasteiger partial charge in [-0.1, -0.05) is 24.3 Å². The van der Waals surface area contributed by atoms with Crippen LogP contribution < -0.4 is 15.4 Å². The van der Waals surface area contributed by atoms with Crippen molar-refractivity contribution in [1.82, 2.24) is 25.2 Å². The van der Waals surface area contributed by atoms with Crippen LogP contribution in [0.3, 0.4) is 0 Å². The minimum Gasteiger partial charge on any atom is -0.492 e. The monoisotopic (exact) mass is 466 g/mol. The molecule has 0 unspecified atom stereocenters. The Labute approximate surface area is 169 Å². The fraction of sp³-hybridized carbons (Fsp3) is 0.278. The summed E-state index contributed by atoms with van der Waals surface area (Å²) in [6, 6.07) is 15.6. The van der Waals surface area contributed by atoms with E-state index in [1.807, 2.05) is 66.1 Å². The third kappa shape index (κ3) is 5.58. The first-order chi connectivity index (χ1) is 12.4. The number of para-hydroxylation sites is 1. The molecule has 3 rings (SSSR count). The second-order valence-electron chi connectivity index (χ2n) is 5.33. The molecular weight excluding hydrogens is 443 g/mol. The van der Waals surface area contributed by atoms with Gasteiger partial charge in [-0.15, -0.1) is 34.2 Å². The highest BCUT2D eigenvalue weighted by molar-refractivity contribution is 14.0. The predicted octanol–water partition coefficient (Wildman–Crippen LogP) is 2.48. The van der Waals surface area contributed by atoms with Crippen LogP contribution in [0.1, 0.15) is 12.7 Å². The number of guanidine groups is 1. The molecule has 0 saturated heterocycles. The van der Waals surface area contributed by atoms with Crippen molar-refractivity contribution >= 4 is 35.6 Å². The number of aliphatic imine (C=N–C) groups is 1. The number of rotatable bonds is 7. The highest BCUT2D eigenvalue weighted by atomic mass is 127. The van der Waals surface area contributed by atoms with Gasteiger partial charge in [0.1, 0.15) is 18.9 Å². The van der Waals surface area contributed by atoms with Crippen molar-refractivity contribution < 1.29 is 4.74 Å². The number of aromatic nitrogens is 3. The van der Waals surface area contributed by atoms with Crippen LogP contribution in [0.4, 0.5) is 0 Å². The topological polar surface area (TPSA) is 75.8 Å². The summed E-state index contributed by atoms with van der Waals surface area (Å²) in [7, 11) is 0. The van der Waals surface area contributed by atoms with Gasteiger partial charge in [0, 0.05) is 12.7 Å². The van der Waals surface area contributed by atoms with E-state index in [0.717, 1.165) is 29.7 Å². The maximum atomic E-state index is 5.67. The minimum absolute atomic E-state index is 0. The van der Waals surface area contributed by atoms with Gasteiger partial charge in [0.05, 0.1) is 6.54 Å². The highest BCUT2D eigenvalue weighted by Crippen LogP contribution is 2.07. The molecule has 2 aromatic heterocycles. The van der Waals surface area contributed by atoms with Crippen LogP contribution in [0.25, 0.3) is 5.65 Å². The van der Waals surface area contributed by atoms with E-state index in [-0.39, 0.29) is 24.0 Å². The maximum Gasteiger partial charge on any atom is 0.191 e. The number of hydrogen-bond acceptors (Lipinski definition) is 4. The Bertz CT molecular complexity index is 821. The van der Waals surface area contributed by atoms with Crippen LogP contribution in [0.2, 0.25) is 0 Å². The molecule has 7 nitrogen and oxygen atoms in total. The quantitative estimate of drug-likeness (QED) is 0.242. The molecule has 26 heavy (non-hydrogen) atoms. The molecule has 1 aromatic carbocycles. The zero-order chi connectivity index (χ0) is 17.3. The van der Waals surface area contributed by atoms with Crippen molar-refractivity contribution in [2.24, 2.45) is 4.99 Å². The van der Waals surface area contributed by atoms with Gasteiger partial charge >= 0.3 is 0 Å². The van der Waals surface area contributed by atoms with E-state index in [1.165, 1.54) is 0 Å². The zero-order valence-electron chi connectivity index (χ0n) is 14.6. The van der Waals surface area contributed by atoms with E-state index in [0.29, 0.717) is 19.7 Å². The van der Waals surface area contributed by atoms with Gasteiger partial charge in [-0.05, 0) is 31.2 Å². The average Bonchev–Trinajstić information content (AvgIpc) is 3.07. The van der Waals surface area contributed by atoms with Crippen molar-refractivity contribution in [2.75, 3.05) is 19.7 Å². The van der Waals surface area contributed by atoms with E-state index in [1.54, 1.807) is 0 Å². The number of benzene rings is 1. The van der Waals surface area contributed by atoms with Crippen molar-refractivity contribution in [1.29, 1.82) is 0 Å². The third-order valence-corrected chi connectivity index (χ3v) is 3.51. The molecule has 0 saturated carbocycles. The number of pyridine rings is 1. The normalized spacial score (nSPS) is 11.0. The SMILES string of the molecule is CCNC(=NCc1nnc2ccccn12)NCCOc1ccccc1.I. The molecule has 0 aliphatic heterocycles. The van der Waals surface area contributed by atoms with Gasteiger partial charge in [0.15, 0.2) is 17.4 Å².